The SMILES string of the molecule is CC1(C)O[C@H]2O[C@H](C(=O)C(F)C(F)(F)C(F)(F)C(F)(F)F)[C@H](OCc3ccccc3)[C@H]2O1. The highest BCUT2D eigenvalue weighted by atomic mass is 19.4. The van der Waals surface area contributed by atoms with Gasteiger partial charge in [-0.1, -0.05) is 30.3 Å². The van der Waals surface area contributed by atoms with Crippen molar-refractivity contribution in [3.63, 3.8) is 0 Å². The molecule has 0 N–H and O–H groups in total. The van der Waals surface area contributed by atoms with E-state index in [1.165, 1.54) is 13.8 Å². The van der Waals surface area contributed by atoms with Crippen LogP contribution < -0.4 is 0 Å². The molecule has 3 rings (SSSR count). The second kappa shape index (κ2) is 8.19. The summed E-state index contributed by atoms with van der Waals surface area (Å²) in [5, 5.41) is 0. The first-order valence-electron chi connectivity index (χ1n) is 9.25. The van der Waals surface area contributed by atoms with Crippen LogP contribution in [0.25, 0.3) is 0 Å². The number of ketones is 1. The van der Waals surface area contributed by atoms with E-state index in [4.69, 9.17) is 18.9 Å². The average molecular weight is 478 g/mol. The van der Waals surface area contributed by atoms with Crippen LogP contribution in [0.2, 0.25) is 0 Å². The number of hydrogen-bond acceptors (Lipinski definition) is 5. The standard InChI is InChI=1S/C19H18F8O5/c1-16(2)31-13-12(29-8-9-6-4-3-5-7-9)11(30-15(13)32-16)10(28)14(20)17(21,22)18(23,24)19(25,26)27/h3-7,11-15H,8H2,1-2H3/t11-,12+,13-,14?,15-/m1/s1. The van der Waals surface area contributed by atoms with Crippen LogP contribution in [-0.2, 0) is 30.3 Å². The largest absolute Gasteiger partial charge is 0.460 e. The Kier molecular flexibility index (Phi) is 6.35. The Morgan fingerprint density at radius 3 is 2.22 bits per heavy atom. The summed E-state index contributed by atoms with van der Waals surface area (Å²) in [5.41, 5.74) is 0.533. The minimum atomic E-state index is -6.81. The van der Waals surface area contributed by atoms with Crippen LogP contribution in [0.3, 0.4) is 0 Å². The topological polar surface area (TPSA) is 54.0 Å². The number of hydrogen-bond donors (Lipinski definition) is 0. The molecule has 2 aliphatic heterocycles. The van der Waals surface area contributed by atoms with Crippen LogP contribution in [0.5, 0.6) is 0 Å². The van der Waals surface area contributed by atoms with Crippen molar-refractivity contribution in [1.29, 1.82) is 0 Å². The third kappa shape index (κ3) is 4.35. The fraction of sp³-hybridized carbons (Fsp3) is 0.632. The Balaban J connectivity index is 1.84. The van der Waals surface area contributed by atoms with Gasteiger partial charge < -0.3 is 18.9 Å². The third-order valence-corrected chi connectivity index (χ3v) is 4.90. The van der Waals surface area contributed by atoms with Crippen LogP contribution in [0, 0.1) is 0 Å². The van der Waals surface area contributed by atoms with Gasteiger partial charge in [-0.15, -0.1) is 0 Å². The Bertz CT molecular complexity index is 829. The molecule has 2 aliphatic rings. The maximum Gasteiger partial charge on any atom is 0.460 e. The van der Waals surface area contributed by atoms with Gasteiger partial charge in [-0.3, -0.25) is 4.79 Å². The summed E-state index contributed by atoms with van der Waals surface area (Å²) in [6.45, 7) is 2.63. The van der Waals surface area contributed by atoms with E-state index in [9.17, 15) is 39.9 Å². The first-order chi connectivity index (χ1) is 14.6. The molecule has 2 saturated heterocycles. The molecule has 5 nitrogen and oxygen atoms in total. The lowest BCUT2D eigenvalue weighted by Crippen LogP contribution is -2.60. The molecule has 13 heteroatoms. The number of alkyl halides is 8. The molecule has 0 amide bonds. The predicted octanol–water partition coefficient (Wildman–Crippen LogP) is 4.19. The van der Waals surface area contributed by atoms with Crippen molar-refractivity contribution < 1.29 is 58.9 Å². The van der Waals surface area contributed by atoms with Crippen LogP contribution in [0.1, 0.15) is 19.4 Å². The monoisotopic (exact) mass is 478 g/mol. The number of carbonyl (C=O) groups excluding carboxylic acids is 1. The molecular formula is C19H18F8O5. The molecule has 0 radical (unpaired) electrons. The first-order valence-corrected chi connectivity index (χ1v) is 9.25. The third-order valence-electron chi connectivity index (χ3n) is 4.90. The lowest BCUT2D eigenvalue weighted by molar-refractivity contribution is -0.363. The van der Waals surface area contributed by atoms with E-state index >= 15 is 0 Å². The Morgan fingerprint density at radius 2 is 1.66 bits per heavy atom. The number of fused-ring (bicyclic) bond motifs is 1. The minimum Gasteiger partial charge on any atom is -0.367 e. The van der Waals surface area contributed by atoms with Gasteiger partial charge in [-0.25, -0.2) is 4.39 Å². The van der Waals surface area contributed by atoms with Crippen molar-refractivity contribution in [1.82, 2.24) is 0 Å². The zero-order chi connectivity index (χ0) is 24.1. The van der Waals surface area contributed by atoms with Crippen molar-refractivity contribution in [3.8, 4) is 0 Å². The fourth-order valence-electron chi connectivity index (χ4n) is 3.33. The summed E-state index contributed by atoms with van der Waals surface area (Å²) < 4.78 is 127. The zero-order valence-corrected chi connectivity index (χ0v) is 16.5. The fourth-order valence-corrected chi connectivity index (χ4v) is 3.33. The first kappa shape index (κ1) is 24.8. The second-order valence-corrected chi connectivity index (χ2v) is 7.75. The maximum absolute atomic E-state index is 14.2. The second-order valence-electron chi connectivity index (χ2n) is 7.75. The summed E-state index contributed by atoms with van der Waals surface area (Å²) in [5.74, 6) is -16.8. The summed E-state index contributed by atoms with van der Waals surface area (Å²) in [4.78, 5) is 12.3. The number of benzene rings is 1. The van der Waals surface area contributed by atoms with E-state index in [2.05, 4.69) is 0 Å². The van der Waals surface area contributed by atoms with Crippen molar-refractivity contribution in [2.75, 3.05) is 0 Å². The summed E-state index contributed by atoms with van der Waals surface area (Å²) in [7, 11) is 0. The van der Waals surface area contributed by atoms with Crippen molar-refractivity contribution >= 4 is 5.78 Å². The molecule has 180 valence electrons. The molecular weight excluding hydrogens is 460 g/mol. The van der Waals surface area contributed by atoms with Crippen LogP contribution in [-0.4, -0.2) is 60.4 Å². The minimum absolute atomic E-state index is 0.252. The summed E-state index contributed by atoms with van der Waals surface area (Å²) in [6.07, 6.45) is -17.9. The molecule has 0 aliphatic carbocycles. The number of rotatable bonds is 7. The van der Waals surface area contributed by atoms with Gasteiger partial charge in [0.2, 0.25) is 12.0 Å². The lowest BCUT2D eigenvalue weighted by atomic mass is 9.96. The van der Waals surface area contributed by atoms with Gasteiger partial charge in [0, 0.05) is 0 Å². The highest BCUT2D eigenvalue weighted by Crippen LogP contribution is 2.50. The van der Waals surface area contributed by atoms with Crippen molar-refractivity contribution in [2.45, 2.75) is 75.0 Å². The van der Waals surface area contributed by atoms with Gasteiger partial charge in [0.25, 0.3) is 0 Å². The van der Waals surface area contributed by atoms with Gasteiger partial charge in [-0.2, -0.15) is 30.7 Å². The molecule has 2 fully saturated rings. The van der Waals surface area contributed by atoms with Crippen molar-refractivity contribution in [3.05, 3.63) is 35.9 Å². The number of halogens is 8. The quantitative estimate of drug-likeness (QED) is 0.551. The van der Waals surface area contributed by atoms with E-state index in [1.807, 2.05) is 0 Å². The van der Waals surface area contributed by atoms with E-state index in [0.717, 1.165) is 0 Å². The molecule has 1 unspecified atom stereocenters. The molecule has 32 heavy (non-hydrogen) atoms. The van der Waals surface area contributed by atoms with Crippen LogP contribution >= 0.6 is 0 Å². The van der Waals surface area contributed by atoms with E-state index in [-0.39, 0.29) is 6.61 Å². The highest BCUT2D eigenvalue weighted by molar-refractivity contribution is 5.89. The smallest absolute Gasteiger partial charge is 0.367 e. The molecule has 0 saturated carbocycles. The Hall–Kier alpha value is -1.83. The average Bonchev–Trinajstić information content (AvgIpc) is 3.16. The molecule has 0 bridgehead atoms. The van der Waals surface area contributed by atoms with E-state index in [1.54, 1.807) is 30.3 Å². The van der Waals surface area contributed by atoms with E-state index in [0.29, 0.717) is 5.56 Å². The Morgan fingerprint density at radius 1 is 1.06 bits per heavy atom. The maximum atomic E-state index is 14.2. The molecule has 1 aromatic rings. The highest BCUT2D eigenvalue weighted by Gasteiger charge is 2.77. The number of carbonyl (C=O) groups is 1. The van der Waals surface area contributed by atoms with Gasteiger partial charge >= 0.3 is 18.0 Å². The molecule has 2 heterocycles. The lowest BCUT2D eigenvalue weighted by Gasteiger charge is -2.31. The molecule has 1 aromatic carbocycles. The Labute approximate surface area is 176 Å². The van der Waals surface area contributed by atoms with Crippen molar-refractivity contribution in [2.24, 2.45) is 0 Å². The molecule has 5 atom stereocenters. The van der Waals surface area contributed by atoms with Gasteiger partial charge in [0.15, 0.2) is 18.2 Å². The van der Waals surface area contributed by atoms with Gasteiger partial charge in [-0.05, 0) is 19.4 Å². The van der Waals surface area contributed by atoms with Gasteiger partial charge in [0.1, 0.15) is 12.2 Å². The van der Waals surface area contributed by atoms with Crippen LogP contribution in [0.15, 0.2) is 30.3 Å². The predicted molar refractivity (Wildman–Crippen MR) is 89.6 cm³/mol. The van der Waals surface area contributed by atoms with Crippen LogP contribution in [0.4, 0.5) is 35.1 Å². The summed E-state index contributed by atoms with van der Waals surface area (Å²) in [6, 6.07) is 8.12. The zero-order valence-electron chi connectivity index (χ0n) is 16.5. The molecule has 0 aromatic heterocycles. The summed E-state index contributed by atoms with van der Waals surface area (Å²) >= 11 is 0. The number of ether oxygens (including phenoxy) is 4. The van der Waals surface area contributed by atoms with E-state index < -0.39 is 60.4 Å². The number of Topliss-reactive ketones (excluding diaryl/α,β-unsaturated/α-hetero) is 1. The molecule has 0 spiro atoms. The normalized spacial score (nSPS) is 29.1. The van der Waals surface area contributed by atoms with Gasteiger partial charge in [0.05, 0.1) is 6.61 Å².